The molecule has 2 unspecified atom stereocenters. The Morgan fingerprint density at radius 2 is 2.31 bits per heavy atom. The summed E-state index contributed by atoms with van der Waals surface area (Å²) in [4.78, 5) is 0. The quantitative estimate of drug-likeness (QED) is 0.705. The van der Waals surface area contributed by atoms with Crippen molar-refractivity contribution in [1.29, 1.82) is 0 Å². The lowest BCUT2D eigenvalue weighted by Crippen LogP contribution is -2.38. The van der Waals surface area contributed by atoms with Gasteiger partial charge in [0.2, 0.25) is 0 Å². The molecular formula is C10H17NOS. The lowest BCUT2D eigenvalue weighted by atomic mass is 10.1. The predicted octanol–water partition coefficient (Wildman–Crippen LogP) is 1.92. The van der Waals surface area contributed by atoms with Gasteiger partial charge in [0, 0.05) is 11.4 Å². The van der Waals surface area contributed by atoms with Gasteiger partial charge in [-0.05, 0) is 27.2 Å². The van der Waals surface area contributed by atoms with Gasteiger partial charge in [-0.25, -0.2) is 0 Å². The second kappa shape index (κ2) is 4.84. The van der Waals surface area contributed by atoms with Crippen LogP contribution in [-0.4, -0.2) is 15.8 Å². The van der Waals surface area contributed by atoms with E-state index >= 15 is 0 Å². The van der Waals surface area contributed by atoms with Crippen LogP contribution in [-0.2, 0) is 11.4 Å². The van der Waals surface area contributed by atoms with Crippen molar-refractivity contribution < 1.29 is 4.55 Å². The van der Waals surface area contributed by atoms with Crippen LogP contribution in [0.3, 0.4) is 0 Å². The van der Waals surface area contributed by atoms with Crippen molar-refractivity contribution in [3.63, 3.8) is 0 Å². The summed E-state index contributed by atoms with van der Waals surface area (Å²) in [7, 11) is 0. The van der Waals surface area contributed by atoms with E-state index in [1.54, 1.807) is 0 Å². The van der Waals surface area contributed by atoms with Crippen LogP contribution >= 0.6 is 0 Å². The third-order valence-corrected chi connectivity index (χ3v) is 3.37. The fourth-order valence-corrected chi connectivity index (χ4v) is 1.85. The average molecular weight is 199 g/mol. The summed E-state index contributed by atoms with van der Waals surface area (Å²) >= 11 is -0.911. The van der Waals surface area contributed by atoms with Gasteiger partial charge < -0.3 is 4.55 Å². The lowest BCUT2D eigenvalue weighted by Gasteiger charge is -2.20. The Balaban J connectivity index is 2.36. The summed E-state index contributed by atoms with van der Waals surface area (Å²) in [6.07, 6.45) is 7.25. The van der Waals surface area contributed by atoms with E-state index in [-0.39, 0.29) is 11.3 Å². The van der Waals surface area contributed by atoms with Crippen molar-refractivity contribution in [1.82, 2.24) is 4.72 Å². The van der Waals surface area contributed by atoms with Gasteiger partial charge in [-0.3, -0.25) is 0 Å². The Labute approximate surface area is 83.4 Å². The monoisotopic (exact) mass is 199 g/mol. The molecule has 1 rings (SSSR count). The first-order valence-electron chi connectivity index (χ1n) is 4.61. The largest absolute Gasteiger partial charge is 0.598 e. The molecule has 0 saturated heterocycles. The van der Waals surface area contributed by atoms with E-state index in [1.807, 2.05) is 13.8 Å². The number of allylic oxidation sites excluding steroid dienone is 2. The summed E-state index contributed by atoms with van der Waals surface area (Å²) < 4.78 is 14.5. The lowest BCUT2D eigenvalue weighted by molar-refractivity contribution is 0.560. The van der Waals surface area contributed by atoms with Crippen molar-refractivity contribution in [2.45, 2.75) is 38.5 Å². The van der Waals surface area contributed by atoms with Gasteiger partial charge in [0.25, 0.3) is 0 Å². The maximum atomic E-state index is 11.4. The average Bonchev–Trinajstić information content (AvgIpc) is 2.08. The maximum absolute atomic E-state index is 11.4. The SMILES string of the molecule is CC1=CCC(N[S+]([O-])C(C)C)C=C1. The Morgan fingerprint density at radius 1 is 1.62 bits per heavy atom. The minimum atomic E-state index is -0.911. The maximum Gasteiger partial charge on any atom is 0.129 e. The molecule has 1 aliphatic rings. The summed E-state index contributed by atoms with van der Waals surface area (Å²) in [5.41, 5.74) is 1.29. The van der Waals surface area contributed by atoms with E-state index in [0.29, 0.717) is 0 Å². The third-order valence-electron chi connectivity index (χ3n) is 1.98. The smallest absolute Gasteiger partial charge is 0.129 e. The highest BCUT2D eigenvalue weighted by atomic mass is 32.2. The van der Waals surface area contributed by atoms with Crippen LogP contribution in [0.4, 0.5) is 0 Å². The van der Waals surface area contributed by atoms with E-state index in [1.165, 1.54) is 5.57 Å². The molecule has 0 fully saturated rings. The molecule has 0 saturated carbocycles. The molecule has 0 heterocycles. The number of hydrogen-bond donors (Lipinski definition) is 1. The summed E-state index contributed by atoms with van der Waals surface area (Å²) in [6.45, 7) is 5.99. The molecule has 0 bridgehead atoms. The molecule has 3 heteroatoms. The van der Waals surface area contributed by atoms with Crippen LogP contribution in [0.5, 0.6) is 0 Å². The standard InChI is InChI=1S/C10H17NOS/c1-8(2)13(12)11-10-6-4-9(3)5-7-10/h4-6,8,10-11H,7H2,1-3H3. The molecule has 0 aromatic carbocycles. The molecule has 0 amide bonds. The molecule has 2 nitrogen and oxygen atoms in total. The molecule has 0 aromatic rings. The van der Waals surface area contributed by atoms with Crippen molar-refractivity contribution >= 4 is 11.4 Å². The second-order valence-corrected chi connectivity index (χ2v) is 5.39. The predicted molar refractivity (Wildman–Crippen MR) is 57.7 cm³/mol. The van der Waals surface area contributed by atoms with E-state index in [2.05, 4.69) is 29.9 Å². The molecule has 1 N–H and O–H groups in total. The Bertz CT molecular complexity index is 223. The second-order valence-electron chi connectivity index (χ2n) is 3.61. The first kappa shape index (κ1) is 10.8. The molecule has 0 aromatic heterocycles. The number of hydrogen-bond acceptors (Lipinski definition) is 2. The van der Waals surface area contributed by atoms with Crippen molar-refractivity contribution in [2.24, 2.45) is 0 Å². The summed E-state index contributed by atoms with van der Waals surface area (Å²) in [6, 6.07) is 0.243. The van der Waals surface area contributed by atoms with E-state index in [0.717, 1.165) is 6.42 Å². The van der Waals surface area contributed by atoms with Gasteiger partial charge in [-0.1, -0.05) is 23.8 Å². The van der Waals surface area contributed by atoms with Gasteiger partial charge in [0.15, 0.2) is 0 Å². The van der Waals surface area contributed by atoms with Crippen LogP contribution in [0.25, 0.3) is 0 Å². The Kier molecular flexibility index (Phi) is 4.03. The molecule has 0 radical (unpaired) electrons. The molecule has 0 aliphatic heterocycles. The van der Waals surface area contributed by atoms with E-state index in [9.17, 15) is 4.55 Å². The van der Waals surface area contributed by atoms with E-state index < -0.39 is 11.4 Å². The van der Waals surface area contributed by atoms with Gasteiger partial charge in [0.05, 0.1) is 6.04 Å². The fraction of sp³-hybridized carbons (Fsp3) is 0.600. The zero-order valence-electron chi connectivity index (χ0n) is 8.41. The van der Waals surface area contributed by atoms with Gasteiger partial charge >= 0.3 is 0 Å². The Hall–Kier alpha value is -0.250. The highest BCUT2D eigenvalue weighted by molar-refractivity contribution is 7.90. The van der Waals surface area contributed by atoms with Crippen LogP contribution in [0, 0.1) is 0 Å². The number of nitrogens with one attached hydrogen (secondary N) is 1. The number of rotatable bonds is 3. The van der Waals surface area contributed by atoms with Crippen LogP contribution < -0.4 is 4.72 Å². The first-order chi connectivity index (χ1) is 6.09. The highest BCUT2D eigenvalue weighted by Gasteiger charge is 2.17. The van der Waals surface area contributed by atoms with Gasteiger partial charge in [0.1, 0.15) is 5.25 Å². The van der Waals surface area contributed by atoms with Crippen molar-refractivity contribution in [3.8, 4) is 0 Å². The molecule has 1 aliphatic carbocycles. The van der Waals surface area contributed by atoms with Crippen molar-refractivity contribution in [2.75, 3.05) is 0 Å². The van der Waals surface area contributed by atoms with Crippen LogP contribution in [0.2, 0.25) is 0 Å². The molecule has 13 heavy (non-hydrogen) atoms. The molecule has 2 atom stereocenters. The van der Waals surface area contributed by atoms with E-state index in [4.69, 9.17) is 0 Å². The van der Waals surface area contributed by atoms with Crippen LogP contribution in [0.1, 0.15) is 27.2 Å². The fourth-order valence-electron chi connectivity index (χ4n) is 1.10. The van der Waals surface area contributed by atoms with Gasteiger partial charge in [-0.15, -0.1) is 4.72 Å². The van der Waals surface area contributed by atoms with Crippen molar-refractivity contribution in [3.05, 3.63) is 23.8 Å². The first-order valence-corrected chi connectivity index (χ1v) is 5.82. The molecule has 74 valence electrons. The molecule has 0 spiro atoms. The summed E-state index contributed by atoms with van der Waals surface area (Å²) in [5, 5.41) is 0.181. The summed E-state index contributed by atoms with van der Waals surface area (Å²) in [5.74, 6) is 0. The topological polar surface area (TPSA) is 35.1 Å². The normalized spacial score (nSPS) is 24.7. The Morgan fingerprint density at radius 3 is 2.77 bits per heavy atom. The van der Waals surface area contributed by atoms with Gasteiger partial charge in [-0.2, -0.15) is 0 Å². The minimum absolute atomic E-state index is 0.181. The highest BCUT2D eigenvalue weighted by Crippen LogP contribution is 2.11. The minimum Gasteiger partial charge on any atom is -0.598 e. The third kappa shape index (κ3) is 3.55. The zero-order valence-corrected chi connectivity index (χ0v) is 9.23. The molecular weight excluding hydrogens is 182 g/mol. The van der Waals surface area contributed by atoms with Crippen LogP contribution in [0.15, 0.2) is 23.8 Å². The zero-order chi connectivity index (χ0) is 9.84.